The molecule has 6 heteroatoms. The van der Waals surface area contributed by atoms with E-state index in [1.807, 2.05) is 11.9 Å². The van der Waals surface area contributed by atoms with Gasteiger partial charge in [-0.25, -0.2) is 8.78 Å². The Morgan fingerprint density at radius 1 is 1.21 bits per heavy atom. The highest BCUT2D eigenvalue weighted by Crippen LogP contribution is 2.47. The molecule has 2 aliphatic rings. The van der Waals surface area contributed by atoms with E-state index in [2.05, 4.69) is 5.32 Å². The summed E-state index contributed by atoms with van der Waals surface area (Å²) in [5.74, 6) is -2.50. The van der Waals surface area contributed by atoms with Crippen LogP contribution >= 0.6 is 24.8 Å². The van der Waals surface area contributed by atoms with Gasteiger partial charge in [-0.3, -0.25) is 0 Å². The number of alkyl halides is 2. The molecule has 0 saturated carbocycles. The Balaban J connectivity index is 0.000000845. The molecule has 1 N–H and O–H groups in total. The second-order valence-corrected chi connectivity index (χ2v) is 4.08. The molecular formula is C8H16Cl2F2N2. The van der Waals surface area contributed by atoms with Crippen molar-refractivity contribution in [2.45, 2.75) is 12.3 Å². The van der Waals surface area contributed by atoms with Crippen LogP contribution in [0.5, 0.6) is 0 Å². The molecule has 0 unspecified atom stereocenters. The summed E-state index contributed by atoms with van der Waals surface area (Å²) in [5, 5.41) is 2.74. The molecule has 0 atom stereocenters. The molecule has 0 radical (unpaired) electrons. The van der Waals surface area contributed by atoms with Crippen molar-refractivity contribution in [3.05, 3.63) is 0 Å². The lowest BCUT2D eigenvalue weighted by atomic mass is 9.70. The largest absolute Gasteiger partial charge is 0.311 e. The van der Waals surface area contributed by atoms with E-state index in [1.165, 1.54) is 0 Å². The van der Waals surface area contributed by atoms with Crippen molar-refractivity contribution in [3.8, 4) is 0 Å². The minimum Gasteiger partial charge on any atom is -0.311 e. The van der Waals surface area contributed by atoms with Crippen LogP contribution in [-0.2, 0) is 0 Å². The highest BCUT2D eigenvalue weighted by molar-refractivity contribution is 5.85. The molecule has 86 valence electrons. The molecule has 2 nitrogen and oxygen atoms in total. The van der Waals surface area contributed by atoms with Crippen LogP contribution in [0.3, 0.4) is 0 Å². The topological polar surface area (TPSA) is 15.3 Å². The molecule has 2 heterocycles. The van der Waals surface area contributed by atoms with Crippen molar-refractivity contribution >= 4 is 24.8 Å². The lowest BCUT2D eigenvalue weighted by Gasteiger charge is -2.54. The molecule has 2 fully saturated rings. The van der Waals surface area contributed by atoms with Crippen molar-refractivity contribution < 1.29 is 8.78 Å². The first kappa shape index (κ1) is 14.4. The highest BCUT2D eigenvalue weighted by atomic mass is 35.5. The number of rotatable bonds is 0. The van der Waals surface area contributed by atoms with Gasteiger partial charge in [0.25, 0.3) is 5.92 Å². The van der Waals surface area contributed by atoms with E-state index < -0.39 is 11.3 Å². The molecule has 0 aliphatic carbocycles. The molecule has 2 saturated heterocycles. The Labute approximate surface area is 95.2 Å². The van der Waals surface area contributed by atoms with Crippen LogP contribution < -0.4 is 5.32 Å². The summed E-state index contributed by atoms with van der Waals surface area (Å²) in [6.45, 7) is 1.72. The standard InChI is InChI=1S/C8H14F2N2.2ClH/c1-12-5-7(6-12)2-3-11-4-8(7,9)10;;/h11H,2-6H2,1H3;2*1H. The summed E-state index contributed by atoms with van der Waals surface area (Å²) in [6.07, 6.45) is 0.615. The number of halogens is 4. The zero-order valence-corrected chi connectivity index (χ0v) is 9.69. The fraction of sp³-hybridized carbons (Fsp3) is 1.00. The smallest absolute Gasteiger partial charge is 0.268 e. The first-order valence-corrected chi connectivity index (χ1v) is 4.33. The molecule has 0 amide bonds. The predicted molar refractivity (Wildman–Crippen MR) is 56.9 cm³/mol. The predicted octanol–water partition coefficient (Wildman–Crippen LogP) is 1.39. The van der Waals surface area contributed by atoms with Gasteiger partial charge in [0.2, 0.25) is 0 Å². The Hall–Kier alpha value is 0.360. The van der Waals surface area contributed by atoms with Gasteiger partial charge in [-0.1, -0.05) is 0 Å². The lowest BCUT2D eigenvalue weighted by Crippen LogP contribution is -2.68. The van der Waals surface area contributed by atoms with Gasteiger partial charge in [0.1, 0.15) is 0 Å². The van der Waals surface area contributed by atoms with Crippen LogP contribution in [0.1, 0.15) is 6.42 Å². The van der Waals surface area contributed by atoms with Crippen LogP contribution in [0.2, 0.25) is 0 Å². The molecular weight excluding hydrogens is 233 g/mol. The Morgan fingerprint density at radius 2 is 1.79 bits per heavy atom. The summed E-state index contributed by atoms with van der Waals surface area (Å²) in [6, 6.07) is 0. The van der Waals surface area contributed by atoms with Crippen molar-refractivity contribution in [2.24, 2.45) is 5.41 Å². The summed E-state index contributed by atoms with van der Waals surface area (Å²) in [7, 11) is 1.89. The average Bonchev–Trinajstić information content (AvgIpc) is 1.91. The highest BCUT2D eigenvalue weighted by Gasteiger charge is 2.60. The number of hydrogen-bond acceptors (Lipinski definition) is 2. The van der Waals surface area contributed by atoms with E-state index in [9.17, 15) is 8.78 Å². The first-order valence-electron chi connectivity index (χ1n) is 4.33. The number of nitrogens with one attached hydrogen (secondary N) is 1. The Bertz CT molecular complexity index is 190. The van der Waals surface area contributed by atoms with Gasteiger partial charge in [-0.05, 0) is 20.0 Å². The molecule has 2 aliphatic heterocycles. The SMILES string of the molecule is CN1CC2(CCNCC2(F)F)C1.Cl.Cl. The van der Waals surface area contributed by atoms with Crippen molar-refractivity contribution in [1.82, 2.24) is 10.2 Å². The molecule has 1 spiro atoms. The fourth-order valence-corrected chi connectivity index (χ4v) is 2.32. The summed E-state index contributed by atoms with van der Waals surface area (Å²) < 4.78 is 26.8. The Kier molecular flexibility index (Phi) is 4.59. The van der Waals surface area contributed by atoms with Gasteiger partial charge in [0, 0.05) is 13.1 Å². The van der Waals surface area contributed by atoms with E-state index in [-0.39, 0.29) is 31.4 Å². The van der Waals surface area contributed by atoms with Gasteiger partial charge >= 0.3 is 0 Å². The normalized spacial score (nSPS) is 28.5. The maximum absolute atomic E-state index is 13.4. The third-order valence-corrected chi connectivity index (χ3v) is 3.05. The zero-order chi connectivity index (χ0) is 8.82. The molecule has 0 aromatic heterocycles. The van der Waals surface area contributed by atoms with Gasteiger partial charge in [0.05, 0.1) is 12.0 Å². The third-order valence-electron chi connectivity index (χ3n) is 3.05. The van der Waals surface area contributed by atoms with Gasteiger partial charge in [-0.2, -0.15) is 0 Å². The number of hydrogen-bond donors (Lipinski definition) is 1. The summed E-state index contributed by atoms with van der Waals surface area (Å²) >= 11 is 0. The van der Waals surface area contributed by atoms with E-state index >= 15 is 0 Å². The molecule has 0 bridgehead atoms. The van der Waals surface area contributed by atoms with E-state index in [1.54, 1.807) is 0 Å². The van der Waals surface area contributed by atoms with Crippen molar-refractivity contribution in [3.63, 3.8) is 0 Å². The lowest BCUT2D eigenvalue weighted by molar-refractivity contribution is -0.197. The van der Waals surface area contributed by atoms with Crippen LogP contribution in [0, 0.1) is 5.41 Å². The van der Waals surface area contributed by atoms with Crippen LogP contribution in [0.25, 0.3) is 0 Å². The summed E-state index contributed by atoms with van der Waals surface area (Å²) in [4.78, 5) is 1.96. The van der Waals surface area contributed by atoms with E-state index in [4.69, 9.17) is 0 Å². The summed E-state index contributed by atoms with van der Waals surface area (Å²) in [5.41, 5.74) is -0.701. The maximum atomic E-state index is 13.4. The Morgan fingerprint density at radius 3 is 2.21 bits per heavy atom. The molecule has 2 rings (SSSR count). The number of nitrogens with zero attached hydrogens (tertiary/aromatic N) is 1. The van der Waals surface area contributed by atoms with Gasteiger partial charge < -0.3 is 10.2 Å². The minimum atomic E-state index is -2.50. The fourth-order valence-electron chi connectivity index (χ4n) is 2.32. The number of likely N-dealkylation sites (tertiary alicyclic amines) is 1. The van der Waals surface area contributed by atoms with Crippen LogP contribution in [0.15, 0.2) is 0 Å². The van der Waals surface area contributed by atoms with Gasteiger partial charge in [0.15, 0.2) is 0 Å². The minimum absolute atomic E-state index is 0. The number of piperidine rings is 1. The molecule has 14 heavy (non-hydrogen) atoms. The van der Waals surface area contributed by atoms with Gasteiger partial charge in [-0.15, -0.1) is 24.8 Å². The average molecular weight is 249 g/mol. The van der Waals surface area contributed by atoms with Crippen molar-refractivity contribution in [2.75, 3.05) is 33.2 Å². The first-order chi connectivity index (χ1) is 5.56. The van der Waals surface area contributed by atoms with E-state index in [0.717, 1.165) is 6.54 Å². The second kappa shape index (κ2) is 4.47. The zero-order valence-electron chi connectivity index (χ0n) is 8.06. The van der Waals surface area contributed by atoms with E-state index in [0.29, 0.717) is 19.5 Å². The third kappa shape index (κ3) is 1.98. The van der Waals surface area contributed by atoms with Crippen LogP contribution in [0.4, 0.5) is 8.78 Å². The quantitative estimate of drug-likeness (QED) is 0.698. The molecule has 0 aromatic rings. The maximum Gasteiger partial charge on any atom is 0.268 e. The monoisotopic (exact) mass is 248 g/mol. The molecule has 0 aromatic carbocycles. The van der Waals surface area contributed by atoms with Crippen LogP contribution in [-0.4, -0.2) is 44.0 Å². The van der Waals surface area contributed by atoms with Crippen molar-refractivity contribution in [1.29, 1.82) is 0 Å². The second-order valence-electron chi connectivity index (χ2n) is 4.08.